The van der Waals surface area contributed by atoms with E-state index in [4.69, 9.17) is 5.73 Å². The summed E-state index contributed by atoms with van der Waals surface area (Å²) in [5.74, 6) is 0. The lowest BCUT2D eigenvalue weighted by molar-refractivity contribution is -0.384. The van der Waals surface area contributed by atoms with Gasteiger partial charge in [-0.05, 0) is 19.4 Å². The highest BCUT2D eigenvalue weighted by Crippen LogP contribution is 2.26. The first-order valence-corrected chi connectivity index (χ1v) is 3.40. The van der Waals surface area contributed by atoms with Crippen LogP contribution >= 0.6 is 0 Å². The topological polar surface area (TPSA) is 82.0 Å². The Labute approximate surface area is 69.4 Å². The zero-order chi connectivity index (χ0) is 9.30. The van der Waals surface area contributed by atoms with E-state index >= 15 is 0 Å². The van der Waals surface area contributed by atoms with Crippen molar-refractivity contribution in [1.29, 1.82) is 0 Å². The number of aromatic nitrogens is 1. The average molecular weight is 167 g/mol. The van der Waals surface area contributed by atoms with Gasteiger partial charge in [-0.2, -0.15) is 0 Å². The molecule has 2 N–H and O–H groups in total. The predicted molar refractivity (Wildman–Crippen MR) is 44.8 cm³/mol. The van der Waals surface area contributed by atoms with Crippen LogP contribution < -0.4 is 5.73 Å². The normalized spacial score (nSPS) is 9.83. The summed E-state index contributed by atoms with van der Waals surface area (Å²) < 4.78 is 0. The van der Waals surface area contributed by atoms with E-state index in [1.807, 2.05) is 0 Å². The van der Waals surface area contributed by atoms with Gasteiger partial charge >= 0.3 is 5.69 Å². The number of pyridine rings is 1. The second-order valence-corrected chi connectivity index (χ2v) is 2.55. The molecular formula is C7H9N3O2. The van der Waals surface area contributed by atoms with Crippen molar-refractivity contribution in [3.63, 3.8) is 0 Å². The van der Waals surface area contributed by atoms with E-state index in [1.54, 1.807) is 13.8 Å². The van der Waals surface area contributed by atoms with Gasteiger partial charge in [-0.25, -0.2) is 0 Å². The van der Waals surface area contributed by atoms with Crippen LogP contribution in [-0.4, -0.2) is 9.91 Å². The van der Waals surface area contributed by atoms with E-state index in [9.17, 15) is 10.1 Å². The van der Waals surface area contributed by atoms with Crippen LogP contribution in [0, 0.1) is 24.0 Å². The van der Waals surface area contributed by atoms with Crippen molar-refractivity contribution >= 4 is 11.4 Å². The molecule has 0 atom stereocenters. The van der Waals surface area contributed by atoms with E-state index in [1.165, 1.54) is 6.20 Å². The SMILES string of the molecule is Cc1cnc(C)c([N+](=O)[O-])c1N. The van der Waals surface area contributed by atoms with E-state index < -0.39 is 4.92 Å². The summed E-state index contributed by atoms with van der Waals surface area (Å²) in [6.07, 6.45) is 1.53. The molecule has 0 aromatic carbocycles. The Bertz CT molecular complexity index is 336. The van der Waals surface area contributed by atoms with E-state index in [-0.39, 0.29) is 11.4 Å². The van der Waals surface area contributed by atoms with Crippen molar-refractivity contribution in [3.05, 3.63) is 27.6 Å². The number of anilines is 1. The van der Waals surface area contributed by atoms with Gasteiger partial charge in [0.2, 0.25) is 0 Å². The van der Waals surface area contributed by atoms with Gasteiger partial charge in [0.25, 0.3) is 0 Å². The minimum atomic E-state index is -0.509. The number of nitro groups is 1. The van der Waals surface area contributed by atoms with Crippen LogP contribution in [0.1, 0.15) is 11.3 Å². The fraction of sp³-hybridized carbons (Fsp3) is 0.286. The third-order valence-corrected chi connectivity index (χ3v) is 1.66. The van der Waals surface area contributed by atoms with Crippen molar-refractivity contribution in [2.75, 3.05) is 5.73 Å². The molecule has 0 radical (unpaired) electrons. The molecule has 0 fully saturated rings. The predicted octanol–water partition coefficient (Wildman–Crippen LogP) is 1.19. The summed E-state index contributed by atoms with van der Waals surface area (Å²) in [6, 6.07) is 0. The average Bonchev–Trinajstić information content (AvgIpc) is 1.97. The highest BCUT2D eigenvalue weighted by molar-refractivity contribution is 5.63. The second kappa shape index (κ2) is 2.77. The fourth-order valence-electron chi connectivity index (χ4n) is 0.936. The summed E-state index contributed by atoms with van der Waals surface area (Å²) in [4.78, 5) is 13.8. The molecule has 0 aliphatic carbocycles. The molecule has 0 aliphatic heterocycles. The third-order valence-electron chi connectivity index (χ3n) is 1.66. The molecule has 1 rings (SSSR count). The number of hydrogen-bond acceptors (Lipinski definition) is 4. The summed E-state index contributed by atoms with van der Waals surface area (Å²) >= 11 is 0. The lowest BCUT2D eigenvalue weighted by Crippen LogP contribution is -2.01. The van der Waals surface area contributed by atoms with Gasteiger partial charge in [-0.15, -0.1) is 0 Å². The smallest absolute Gasteiger partial charge is 0.313 e. The molecule has 0 spiro atoms. The van der Waals surface area contributed by atoms with Gasteiger partial charge in [0.15, 0.2) is 0 Å². The number of hydrogen-bond donors (Lipinski definition) is 1. The van der Waals surface area contributed by atoms with Crippen LogP contribution in [-0.2, 0) is 0 Å². The van der Waals surface area contributed by atoms with Crippen molar-refractivity contribution in [2.24, 2.45) is 0 Å². The highest BCUT2D eigenvalue weighted by Gasteiger charge is 2.17. The maximum atomic E-state index is 10.5. The van der Waals surface area contributed by atoms with E-state index in [0.717, 1.165) is 0 Å². The van der Waals surface area contributed by atoms with Crippen LogP contribution in [0.4, 0.5) is 11.4 Å². The maximum absolute atomic E-state index is 10.5. The largest absolute Gasteiger partial charge is 0.393 e. The molecule has 1 aromatic rings. The van der Waals surface area contributed by atoms with Crippen LogP contribution in [0.5, 0.6) is 0 Å². The molecule has 0 amide bonds. The molecule has 0 saturated heterocycles. The van der Waals surface area contributed by atoms with Crippen molar-refractivity contribution in [2.45, 2.75) is 13.8 Å². The molecule has 0 aliphatic rings. The standard InChI is InChI=1S/C7H9N3O2/c1-4-3-9-5(2)7(6(4)8)10(11)12/h3H,1-2H3,(H2,8,9). The summed E-state index contributed by atoms with van der Waals surface area (Å²) in [5.41, 5.74) is 6.60. The highest BCUT2D eigenvalue weighted by atomic mass is 16.6. The maximum Gasteiger partial charge on any atom is 0.313 e. The minimum Gasteiger partial charge on any atom is -0.393 e. The van der Waals surface area contributed by atoms with Crippen molar-refractivity contribution in [3.8, 4) is 0 Å². The van der Waals surface area contributed by atoms with E-state index in [2.05, 4.69) is 4.98 Å². The van der Waals surface area contributed by atoms with Gasteiger partial charge < -0.3 is 5.73 Å². The van der Waals surface area contributed by atoms with Gasteiger partial charge in [-0.3, -0.25) is 15.1 Å². The molecule has 64 valence electrons. The molecule has 5 nitrogen and oxygen atoms in total. The number of aryl methyl sites for hydroxylation is 2. The first-order chi connectivity index (χ1) is 5.54. The number of nitrogen functional groups attached to an aromatic ring is 1. The Morgan fingerprint density at radius 3 is 2.58 bits per heavy atom. The van der Waals surface area contributed by atoms with Gasteiger partial charge in [0.1, 0.15) is 11.4 Å². The molecule has 0 unspecified atom stereocenters. The fourth-order valence-corrected chi connectivity index (χ4v) is 0.936. The van der Waals surface area contributed by atoms with Gasteiger partial charge in [0, 0.05) is 6.20 Å². The summed E-state index contributed by atoms with van der Waals surface area (Å²) in [7, 11) is 0. The molecule has 5 heteroatoms. The summed E-state index contributed by atoms with van der Waals surface area (Å²) in [6.45, 7) is 3.25. The first kappa shape index (κ1) is 8.45. The summed E-state index contributed by atoms with van der Waals surface area (Å²) in [5, 5.41) is 10.5. The second-order valence-electron chi connectivity index (χ2n) is 2.55. The monoisotopic (exact) mass is 167 g/mol. The van der Waals surface area contributed by atoms with Gasteiger partial charge in [-0.1, -0.05) is 0 Å². The number of nitrogens with two attached hydrogens (primary N) is 1. The zero-order valence-electron chi connectivity index (χ0n) is 6.87. The Morgan fingerprint density at radius 1 is 1.58 bits per heavy atom. The lowest BCUT2D eigenvalue weighted by Gasteiger charge is -2.01. The van der Waals surface area contributed by atoms with Crippen molar-refractivity contribution in [1.82, 2.24) is 4.98 Å². The van der Waals surface area contributed by atoms with Crippen LogP contribution in [0.2, 0.25) is 0 Å². The minimum absolute atomic E-state index is 0.0880. The van der Waals surface area contributed by atoms with Crippen LogP contribution in [0.15, 0.2) is 6.20 Å². The lowest BCUT2D eigenvalue weighted by atomic mass is 10.2. The van der Waals surface area contributed by atoms with Crippen molar-refractivity contribution < 1.29 is 4.92 Å². The molecule has 0 saturated carbocycles. The van der Waals surface area contributed by atoms with Crippen LogP contribution in [0.3, 0.4) is 0 Å². The molecule has 0 bridgehead atoms. The molecule has 12 heavy (non-hydrogen) atoms. The third kappa shape index (κ3) is 1.20. The van der Waals surface area contributed by atoms with Gasteiger partial charge in [0.05, 0.1) is 4.92 Å². The Balaban J connectivity index is 3.43. The zero-order valence-corrected chi connectivity index (χ0v) is 6.87. The number of nitrogens with zero attached hydrogens (tertiary/aromatic N) is 2. The Morgan fingerprint density at radius 2 is 2.17 bits per heavy atom. The molecule has 1 aromatic heterocycles. The Hall–Kier alpha value is -1.65. The quantitative estimate of drug-likeness (QED) is 0.503. The first-order valence-electron chi connectivity index (χ1n) is 3.40. The van der Waals surface area contributed by atoms with E-state index in [0.29, 0.717) is 11.3 Å². The molecule has 1 heterocycles. The molecular weight excluding hydrogens is 158 g/mol. The number of rotatable bonds is 1. The Kier molecular flexibility index (Phi) is 1.95. The van der Waals surface area contributed by atoms with Crippen LogP contribution in [0.25, 0.3) is 0 Å².